The van der Waals surface area contributed by atoms with Gasteiger partial charge in [-0.15, -0.1) is 0 Å². The standard InChI is InChI=1S/C26H22BrCl2FN4O5S2/c1-26(2,3)39-25(36)21(9-13-4-5-19(30)16(27)8-13)33-23(35)14-10-17(28)18(29)11-20(14)34-41(37,38)24-15-12-32-40-22(15)6-7-31-24/h4-8,10-12,21,34H,9H2,1-3H3,(H,33,35)/t21-/m0/s1. The summed E-state index contributed by atoms with van der Waals surface area (Å²) in [7, 11) is -4.33. The number of hydrogen-bond acceptors (Lipinski definition) is 8. The number of nitrogens with one attached hydrogen (secondary N) is 2. The van der Waals surface area contributed by atoms with Gasteiger partial charge >= 0.3 is 5.97 Å². The van der Waals surface area contributed by atoms with Gasteiger partial charge in [0, 0.05) is 12.6 Å². The predicted octanol–water partition coefficient (Wildman–Crippen LogP) is 6.38. The number of halogens is 4. The second-order valence-corrected chi connectivity index (χ2v) is 13.9. The zero-order valence-electron chi connectivity index (χ0n) is 21.7. The lowest BCUT2D eigenvalue weighted by atomic mass is 10.0. The summed E-state index contributed by atoms with van der Waals surface area (Å²) in [5.41, 5.74) is -0.773. The lowest BCUT2D eigenvalue weighted by Gasteiger charge is -2.25. The van der Waals surface area contributed by atoms with Crippen LogP contribution in [0.25, 0.3) is 10.1 Å². The van der Waals surface area contributed by atoms with Gasteiger partial charge in [0.15, 0.2) is 5.03 Å². The zero-order chi connectivity index (χ0) is 30.1. The van der Waals surface area contributed by atoms with E-state index >= 15 is 0 Å². The van der Waals surface area contributed by atoms with Crippen LogP contribution >= 0.6 is 50.7 Å². The number of carbonyl (C=O) groups excluding carboxylic acids is 2. The minimum atomic E-state index is -4.33. The van der Waals surface area contributed by atoms with Crippen molar-refractivity contribution in [1.29, 1.82) is 0 Å². The molecule has 2 aromatic carbocycles. The summed E-state index contributed by atoms with van der Waals surface area (Å²) in [5.74, 6) is -2.10. The van der Waals surface area contributed by atoms with Crippen LogP contribution in [0.5, 0.6) is 0 Å². The molecular formula is C26H22BrCl2FN4O5S2. The second kappa shape index (κ2) is 12.2. The molecule has 0 aliphatic carbocycles. The molecule has 1 atom stereocenters. The largest absolute Gasteiger partial charge is 0.458 e. The van der Waals surface area contributed by atoms with E-state index in [0.29, 0.717) is 15.6 Å². The molecule has 0 spiro atoms. The molecule has 0 radical (unpaired) electrons. The highest BCUT2D eigenvalue weighted by atomic mass is 79.9. The molecule has 216 valence electrons. The summed E-state index contributed by atoms with van der Waals surface area (Å²) in [5, 5.41) is 2.54. The molecule has 0 aliphatic heterocycles. The van der Waals surface area contributed by atoms with E-state index in [-0.39, 0.29) is 37.2 Å². The first kappa shape index (κ1) is 31.1. The maximum atomic E-state index is 13.8. The average molecular weight is 704 g/mol. The van der Waals surface area contributed by atoms with Crippen molar-refractivity contribution in [2.45, 2.75) is 43.9 Å². The molecule has 0 bridgehead atoms. The fourth-order valence-corrected chi connectivity index (χ4v) is 6.37. The average Bonchev–Trinajstić information content (AvgIpc) is 3.35. The first-order valence-corrected chi connectivity index (χ1v) is 15.6. The number of fused-ring (bicyclic) bond motifs is 1. The number of sulfonamides is 1. The quantitative estimate of drug-likeness (QED) is 0.204. The normalized spacial score (nSPS) is 12.7. The van der Waals surface area contributed by atoms with Crippen molar-refractivity contribution < 1.29 is 27.1 Å². The number of aromatic nitrogens is 2. The first-order chi connectivity index (χ1) is 19.1. The van der Waals surface area contributed by atoms with Crippen LogP contribution in [0.1, 0.15) is 36.7 Å². The third-order valence-corrected chi connectivity index (χ3v) is 8.89. The molecule has 2 aromatic heterocycles. The number of ether oxygens (including phenoxy) is 1. The van der Waals surface area contributed by atoms with Gasteiger partial charge in [0.25, 0.3) is 15.9 Å². The number of esters is 1. The van der Waals surface area contributed by atoms with Gasteiger partial charge < -0.3 is 10.1 Å². The SMILES string of the molecule is CC(C)(C)OC(=O)[C@H](Cc1ccc(F)c(Br)c1)NC(=O)c1cc(Cl)c(Cl)cc1NS(=O)(=O)c1nccc2sncc12. The predicted molar refractivity (Wildman–Crippen MR) is 160 cm³/mol. The maximum Gasteiger partial charge on any atom is 0.329 e. The van der Waals surface area contributed by atoms with Crippen molar-refractivity contribution in [1.82, 2.24) is 14.7 Å². The monoisotopic (exact) mass is 702 g/mol. The number of pyridine rings is 1. The van der Waals surface area contributed by atoms with E-state index in [1.807, 2.05) is 0 Å². The molecule has 2 N–H and O–H groups in total. The highest BCUT2D eigenvalue weighted by Crippen LogP contribution is 2.32. The number of nitrogens with zero attached hydrogens (tertiary/aromatic N) is 2. The summed E-state index contributed by atoms with van der Waals surface area (Å²) < 4.78 is 53.1. The molecule has 0 fully saturated rings. The third-order valence-electron chi connectivity index (χ3n) is 5.47. The molecule has 15 heteroatoms. The summed E-state index contributed by atoms with van der Waals surface area (Å²) in [6, 6.07) is 6.92. The van der Waals surface area contributed by atoms with Crippen LogP contribution in [0.3, 0.4) is 0 Å². The second-order valence-electron chi connectivity index (χ2n) is 9.78. The van der Waals surface area contributed by atoms with Crippen LogP contribution in [0.2, 0.25) is 10.0 Å². The van der Waals surface area contributed by atoms with E-state index in [4.69, 9.17) is 27.9 Å². The molecule has 1 amide bonds. The van der Waals surface area contributed by atoms with Crippen molar-refractivity contribution in [3.8, 4) is 0 Å². The van der Waals surface area contributed by atoms with Crippen LogP contribution in [0.15, 0.2) is 58.3 Å². The Labute approximate surface area is 257 Å². The van der Waals surface area contributed by atoms with Crippen molar-refractivity contribution in [3.05, 3.63) is 80.3 Å². The Morgan fingerprint density at radius 1 is 1.15 bits per heavy atom. The smallest absolute Gasteiger partial charge is 0.329 e. The summed E-state index contributed by atoms with van der Waals surface area (Å²) in [4.78, 5) is 30.7. The van der Waals surface area contributed by atoms with Gasteiger partial charge in [-0.3, -0.25) is 9.52 Å². The topological polar surface area (TPSA) is 127 Å². The molecule has 2 heterocycles. The van der Waals surface area contributed by atoms with Gasteiger partial charge in [0.05, 0.1) is 42.1 Å². The highest BCUT2D eigenvalue weighted by Gasteiger charge is 2.30. The number of hydrogen-bond donors (Lipinski definition) is 2. The highest BCUT2D eigenvalue weighted by molar-refractivity contribution is 9.10. The fraction of sp³-hybridized carbons (Fsp3) is 0.231. The van der Waals surface area contributed by atoms with E-state index < -0.39 is 39.4 Å². The Balaban J connectivity index is 1.69. The van der Waals surface area contributed by atoms with E-state index in [1.165, 1.54) is 42.7 Å². The molecule has 0 saturated heterocycles. The molecule has 0 unspecified atom stereocenters. The van der Waals surface area contributed by atoms with E-state index in [0.717, 1.165) is 11.5 Å². The maximum absolute atomic E-state index is 13.8. The van der Waals surface area contributed by atoms with Gasteiger partial charge in [0.1, 0.15) is 17.5 Å². The van der Waals surface area contributed by atoms with Crippen LogP contribution in [-0.2, 0) is 26.0 Å². The molecule has 0 saturated carbocycles. The van der Waals surface area contributed by atoms with Gasteiger partial charge in [-0.1, -0.05) is 29.3 Å². The molecule has 0 aliphatic rings. The molecular weight excluding hydrogens is 682 g/mol. The summed E-state index contributed by atoms with van der Waals surface area (Å²) in [6.07, 6.45) is 2.65. The fourth-order valence-electron chi connectivity index (χ4n) is 3.70. The third kappa shape index (κ3) is 7.52. The minimum Gasteiger partial charge on any atom is -0.458 e. The Morgan fingerprint density at radius 2 is 1.85 bits per heavy atom. The number of amides is 1. The molecule has 4 rings (SSSR count). The number of carbonyl (C=O) groups is 2. The summed E-state index contributed by atoms with van der Waals surface area (Å²) in [6.45, 7) is 5.01. The molecule has 9 nitrogen and oxygen atoms in total. The van der Waals surface area contributed by atoms with Crippen molar-refractivity contribution in [2.75, 3.05) is 4.72 Å². The van der Waals surface area contributed by atoms with Crippen LogP contribution in [-0.4, -0.2) is 41.3 Å². The Hall–Kier alpha value is -2.84. The van der Waals surface area contributed by atoms with Crippen molar-refractivity contribution in [2.24, 2.45) is 0 Å². The van der Waals surface area contributed by atoms with Gasteiger partial charge in [-0.25, -0.2) is 14.2 Å². The van der Waals surface area contributed by atoms with Gasteiger partial charge in [-0.05, 0) is 84.1 Å². The number of benzene rings is 2. The van der Waals surface area contributed by atoms with Crippen molar-refractivity contribution in [3.63, 3.8) is 0 Å². The Kier molecular flexibility index (Phi) is 9.24. The van der Waals surface area contributed by atoms with Crippen LogP contribution in [0.4, 0.5) is 10.1 Å². The molecule has 4 aromatic rings. The first-order valence-electron chi connectivity index (χ1n) is 11.8. The minimum absolute atomic E-state index is 0.0239. The lowest BCUT2D eigenvalue weighted by molar-refractivity contribution is -0.157. The Bertz CT molecular complexity index is 1760. The van der Waals surface area contributed by atoms with Crippen molar-refractivity contribution >= 4 is 88.3 Å². The molecule has 41 heavy (non-hydrogen) atoms. The van der Waals surface area contributed by atoms with Gasteiger partial charge in [0.2, 0.25) is 0 Å². The lowest BCUT2D eigenvalue weighted by Crippen LogP contribution is -2.45. The van der Waals surface area contributed by atoms with E-state index in [2.05, 4.69) is 35.3 Å². The number of anilines is 1. The summed E-state index contributed by atoms with van der Waals surface area (Å²) >= 11 is 16.6. The van der Waals surface area contributed by atoms with Gasteiger partial charge in [-0.2, -0.15) is 12.8 Å². The van der Waals surface area contributed by atoms with E-state index in [9.17, 15) is 22.4 Å². The van der Waals surface area contributed by atoms with E-state index in [1.54, 1.807) is 26.8 Å². The zero-order valence-corrected chi connectivity index (χ0v) is 26.4. The van der Waals surface area contributed by atoms with Crippen LogP contribution < -0.4 is 10.0 Å². The number of rotatable bonds is 8. The Morgan fingerprint density at radius 3 is 2.54 bits per heavy atom. The van der Waals surface area contributed by atoms with Crippen LogP contribution in [0, 0.1) is 5.82 Å².